The van der Waals surface area contributed by atoms with E-state index in [1.165, 1.54) is 6.92 Å². The first-order valence-electron chi connectivity index (χ1n) is 7.73. The summed E-state index contributed by atoms with van der Waals surface area (Å²) in [6.07, 6.45) is 9.74. The van der Waals surface area contributed by atoms with Gasteiger partial charge in [-0.2, -0.15) is 0 Å². The van der Waals surface area contributed by atoms with Crippen molar-refractivity contribution < 1.29 is 17.6 Å². The molecule has 0 N–H and O–H groups in total. The summed E-state index contributed by atoms with van der Waals surface area (Å²) >= 11 is 0. The summed E-state index contributed by atoms with van der Waals surface area (Å²) < 4.78 is 56.1. The van der Waals surface area contributed by atoms with Gasteiger partial charge in [-0.25, -0.2) is 17.6 Å². The first-order chi connectivity index (χ1) is 10.5. The summed E-state index contributed by atoms with van der Waals surface area (Å²) in [4.78, 5) is 0. The molecule has 0 aliphatic heterocycles. The van der Waals surface area contributed by atoms with Crippen LogP contribution in [0.25, 0.3) is 0 Å². The monoisotopic (exact) mass is 310 g/mol. The Balaban J connectivity index is 1.93. The third-order valence-corrected chi connectivity index (χ3v) is 4.98. The molecule has 0 nitrogen and oxygen atoms in total. The van der Waals surface area contributed by atoms with Crippen LogP contribution in [-0.2, 0) is 12.8 Å². The van der Waals surface area contributed by atoms with E-state index in [0.717, 1.165) is 12.8 Å². The molecule has 22 heavy (non-hydrogen) atoms. The van der Waals surface area contributed by atoms with Crippen LogP contribution in [0.5, 0.6) is 0 Å². The predicted octanol–water partition coefficient (Wildman–Crippen LogP) is 5.12. The fraction of sp³-hybridized carbons (Fsp3) is 0.444. The minimum Gasteiger partial charge on any atom is -0.203 e. The van der Waals surface area contributed by atoms with Crippen molar-refractivity contribution in [3.05, 3.63) is 58.7 Å². The Hall–Kier alpha value is -1.58. The predicted molar refractivity (Wildman–Crippen MR) is 77.3 cm³/mol. The highest BCUT2D eigenvalue weighted by Crippen LogP contribution is 2.43. The molecule has 1 unspecified atom stereocenters. The second-order valence-electron chi connectivity index (χ2n) is 6.12. The molecule has 0 saturated heterocycles. The Labute approximate surface area is 127 Å². The van der Waals surface area contributed by atoms with Crippen LogP contribution in [-0.4, -0.2) is 0 Å². The number of fused-ring (bicyclic) bond motifs is 1. The lowest BCUT2D eigenvalue weighted by Gasteiger charge is -2.22. The fourth-order valence-electron chi connectivity index (χ4n) is 3.78. The quantitative estimate of drug-likeness (QED) is 0.537. The lowest BCUT2D eigenvalue weighted by Crippen LogP contribution is -2.18. The zero-order valence-electron chi connectivity index (χ0n) is 12.4. The van der Waals surface area contributed by atoms with Gasteiger partial charge in [0.2, 0.25) is 0 Å². The van der Waals surface area contributed by atoms with E-state index in [1.807, 2.05) is 18.2 Å². The Bertz CT molecular complexity index is 616. The molecule has 0 spiro atoms. The highest BCUT2D eigenvalue weighted by Gasteiger charge is 2.36. The van der Waals surface area contributed by atoms with Crippen molar-refractivity contribution in [3.63, 3.8) is 0 Å². The van der Waals surface area contributed by atoms with Gasteiger partial charge in [0.05, 0.1) is 0 Å². The van der Waals surface area contributed by atoms with Crippen molar-refractivity contribution in [1.82, 2.24) is 0 Å². The summed E-state index contributed by atoms with van der Waals surface area (Å²) in [5.74, 6) is -4.37. The maximum absolute atomic E-state index is 14.2. The maximum Gasteiger partial charge on any atom is 0.165 e. The average Bonchev–Trinajstić information content (AvgIpc) is 2.93. The zero-order chi connectivity index (χ0) is 15.9. The molecule has 0 aromatic heterocycles. The molecule has 0 heterocycles. The van der Waals surface area contributed by atoms with Gasteiger partial charge in [-0.3, -0.25) is 0 Å². The summed E-state index contributed by atoms with van der Waals surface area (Å²) in [7, 11) is 0. The van der Waals surface area contributed by atoms with E-state index in [1.54, 1.807) is 0 Å². The second kappa shape index (κ2) is 5.90. The summed E-state index contributed by atoms with van der Waals surface area (Å²) in [5.41, 5.74) is -0.954. The molecule has 1 saturated carbocycles. The number of hydrogen-bond acceptors (Lipinski definition) is 0. The third kappa shape index (κ3) is 2.38. The van der Waals surface area contributed by atoms with Crippen LogP contribution >= 0.6 is 0 Å². The van der Waals surface area contributed by atoms with Gasteiger partial charge in [0.1, 0.15) is 0 Å². The molecule has 2 aliphatic rings. The molecule has 1 aromatic carbocycles. The minimum atomic E-state index is -1.25. The van der Waals surface area contributed by atoms with Crippen molar-refractivity contribution in [2.45, 2.75) is 32.6 Å². The van der Waals surface area contributed by atoms with Crippen LogP contribution < -0.4 is 0 Å². The number of hydrogen-bond donors (Lipinski definition) is 0. The van der Waals surface area contributed by atoms with Gasteiger partial charge in [0.15, 0.2) is 23.3 Å². The van der Waals surface area contributed by atoms with Crippen molar-refractivity contribution in [1.29, 1.82) is 0 Å². The Kier molecular flexibility index (Phi) is 4.11. The molecule has 2 aliphatic carbocycles. The van der Waals surface area contributed by atoms with Crippen LogP contribution in [0.2, 0.25) is 0 Å². The Morgan fingerprint density at radius 3 is 2.09 bits per heavy atom. The highest BCUT2D eigenvalue weighted by molar-refractivity contribution is 5.31. The topological polar surface area (TPSA) is 0 Å². The fourth-order valence-corrected chi connectivity index (χ4v) is 3.78. The van der Waals surface area contributed by atoms with E-state index in [-0.39, 0.29) is 24.7 Å². The Morgan fingerprint density at radius 2 is 1.45 bits per heavy atom. The molecule has 118 valence electrons. The van der Waals surface area contributed by atoms with Gasteiger partial charge in [-0.05, 0) is 43.4 Å². The standard InChI is InChI=1S/C18H18F4/c1-2-12-15(19)17(21)14(18(22)16(12)20)9-11-8-7-10-5-3-4-6-13(10)11/h3-6,10-11,13H,2,7-9H2,1H3/t10?,11-,13-/m1/s1. The summed E-state index contributed by atoms with van der Waals surface area (Å²) in [5, 5.41) is 0. The molecule has 0 radical (unpaired) electrons. The van der Waals surface area contributed by atoms with E-state index in [4.69, 9.17) is 0 Å². The van der Waals surface area contributed by atoms with Crippen molar-refractivity contribution >= 4 is 0 Å². The Morgan fingerprint density at radius 1 is 0.864 bits per heavy atom. The lowest BCUT2D eigenvalue weighted by molar-refractivity contribution is 0.380. The van der Waals surface area contributed by atoms with Crippen LogP contribution in [0.15, 0.2) is 24.3 Å². The van der Waals surface area contributed by atoms with Crippen molar-refractivity contribution in [2.24, 2.45) is 17.8 Å². The largest absolute Gasteiger partial charge is 0.203 e. The molecule has 3 atom stereocenters. The van der Waals surface area contributed by atoms with Gasteiger partial charge >= 0.3 is 0 Å². The smallest absolute Gasteiger partial charge is 0.165 e. The molecule has 0 bridgehead atoms. The van der Waals surface area contributed by atoms with Gasteiger partial charge < -0.3 is 0 Å². The number of halogens is 4. The molecular formula is C18H18F4. The minimum absolute atomic E-state index is 0.0153. The van der Waals surface area contributed by atoms with Crippen LogP contribution in [0.4, 0.5) is 17.6 Å². The van der Waals surface area contributed by atoms with Crippen LogP contribution in [0.3, 0.4) is 0 Å². The van der Waals surface area contributed by atoms with Crippen molar-refractivity contribution in [2.75, 3.05) is 0 Å². The maximum atomic E-state index is 14.2. The molecule has 3 rings (SSSR count). The molecule has 4 heteroatoms. The number of rotatable bonds is 3. The number of benzene rings is 1. The summed E-state index contributed by atoms with van der Waals surface area (Å²) in [6.45, 7) is 1.47. The normalized spacial score (nSPS) is 26.5. The molecule has 0 amide bonds. The van der Waals surface area contributed by atoms with Gasteiger partial charge in [0.25, 0.3) is 0 Å². The third-order valence-electron chi connectivity index (χ3n) is 4.98. The molecule has 1 fully saturated rings. The first kappa shape index (κ1) is 15.3. The van der Waals surface area contributed by atoms with E-state index >= 15 is 0 Å². The molecular weight excluding hydrogens is 292 g/mol. The number of allylic oxidation sites excluding steroid dienone is 4. The summed E-state index contributed by atoms with van der Waals surface area (Å²) in [6, 6.07) is 0. The van der Waals surface area contributed by atoms with Crippen LogP contribution in [0.1, 0.15) is 30.9 Å². The van der Waals surface area contributed by atoms with Crippen molar-refractivity contribution in [3.8, 4) is 0 Å². The van der Waals surface area contributed by atoms with E-state index in [0.29, 0.717) is 5.92 Å². The van der Waals surface area contributed by atoms with E-state index in [9.17, 15) is 17.6 Å². The van der Waals surface area contributed by atoms with E-state index in [2.05, 4.69) is 6.08 Å². The average molecular weight is 310 g/mol. The lowest BCUT2D eigenvalue weighted by atomic mass is 9.83. The van der Waals surface area contributed by atoms with E-state index < -0.39 is 34.4 Å². The van der Waals surface area contributed by atoms with Gasteiger partial charge in [0, 0.05) is 11.1 Å². The molecule has 1 aromatic rings. The highest BCUT2D eigenvalue weighted by atomic mass is 19.2. The second-order valence-corrected chi connectivity index (χ2v) is 6.12. The first-order valence-corrected chi connectivity index (χ1v) is 7.73. The SMILES string of the molecule is CCc1c(F)c(F)c(C[C@H]2CCC3C=CC=C[C@H]32)c(F)c1F. The van der Waals surface area contributed by atoms with Crippen LogP contribution in [0, 0.1) is 41.0 Å². The zero-order valence-corrected chi connectivity index (χ0v) is 12.4. The van der Waals surface area contributed by atoms with Gasteiger partial charge in [-0.1, -0.05) is 31.2 Å². The van der Waals surface area contributed by atoms with Gasteiger partial charge in [-0.15, -0.1) is 0 Å².